The van der Waals surface area contributed by atoms with Crippen LogP contribution in [0.4, 0.5) is 0 Å². The molecule has 0 unspecified atom stereocenters. The van der Waals surface area contributed by atoms with Crippen LogP contribution in [0.1, 0.15) is 18.9 Å². The third-order valence-electron chi connectivity index (χ3n) is 3.59. The van der Waals surface area contributed by atoms with E-state index >= 15 is 0 Å². The summed E-state index contributed by atoms with van der Waals surface area (Å²) in [4.78, 5) is 14.2. The van der Waals surface area contributed by atoms with Crippen molar-refractivity contribution in [1.82, 2.24) is 4.90 Å². The number of likely N-dealkylation sites (tertiary alicyclic amines) is 1. The number of hydrogen-bond acceptors (Lipinski definition) is 4. The molecule has 1 aliphatic rings. The fourth-order valence-electron chi connectivity index (χ4n) is 2.52. The molecule has 19 heavy (non-hydrogen) atoms. The number of carbonyl (C=O) groups excluding carboxylic acids is 1. The van der Waals surface area contributed by atoms with Gasteiger partial charge in [-0.25, -0.2) is 0 Å². The zero-order valence-corrected chi connectivity index (χ0v) is 11.4. The van der Waals surface area contributed by atoms with Crippen LogP contribution in [0.15, 0.2) is 30.3 Å². The number of benzene rings is 1. The zero-order chi connectivity index (χ0) is 13.7. The lowest BCUT2D eigenvalue weighted by molar-refractivity contribution is -0.150. The van der Waals surface area contributed by atoms with Crippen molar-refractivity contribution in [2.24, 2.45) is 11.7 Å². The number of ether oxygens (including phenoxy) is 1. The first kappa shape index (κ1) is 14.0. The van der Waals surface area contributed by atoms with Gasteiger partial charge in [0, 0.05) is 25.7 Å². The molecule has 104 valence electrons. The molecule has 1 heterocycles. The molecule has 1 aromatic carbocycles. The van der Waals surface area contributed by atoms with E-state index in [1.54, 1.807) is 0 Å². The molecule has 0 bridgehead atoms. The monoisotopic (exact) mass is 262 g/mol. The van der Waals surface area contributed by atoms with Crippen molar-refractivity contribution in [2.45, 2.75) is 25.9 Å². The molecule has 0 aromatic heterocycles. The highest BCUT2D eigenvalue weighted by atomic mass is 16.5. The van der Waals surface area contributed by atoms with Crippen molar-refractivity contribution in [2.75, 3.05) is 19.7 Å². The molecule has 2 N–H and O–H groups in total. The summed E-state index contributed by atoms with van der Waals surface area (Å²) >= 11 is 0. The minimum Gasteiger partial charge on any atom is -0.466 e. The van der Waals surface area contributed by atoms with Gasteiger partial charge in [-0.1, -0.05) is 30.3 Å². The second kappa shape index (κ2) is 6.68. The summed E-state index contributed by atoms with van der Waals surface area (Å²) in [5.41, 5.74) is 7.30. The van der Waals surface area contributed by atoms with Crippen LogP contribution < -0.4 is 5.73 Å². The highest BCUT2D eigenvalue weighted by molar-refractivity contribution is 5.73. The van der Waals surface area contributed by atoms with E-state index in [0.717, 1.165) is 19.5 Å². The molecule has 0 amide bonds. The van der Waals surface area contributed by atoms with E-state index in [4.69, 9.17) is 10.5 Å². The quantitative estimate of drug-likeness (QED) is 0.833. The molecule has 0 saturated carbocycles. The molecule has 2 rings (SSSR count). The van der Waals surface area contributed by atoms with Gasteiger partial charge in [0.1, 0.15) is 0 Å². The van der Waals surface area contributed by atoms with Crippen molar-refractivity contribution < 1.29 is 9.53 Å². The Bertz CT molecular complexity index is 408. The Kier molecular flexibility index (Phi) is 4.93. The molecule has 1 saturated heterocycles. The van der Waals surface area contributed by atoms with Gasteiger partial charge in [-0.3, -0.25) is 9.69 Å². The van der Waals surface area contributed by atoms with Crippen LogP contribution in [-0.4, -0.2) is 36.6 Å². The van der Waals surface area contributed by atoms with E-state index in [9.17, 15) is 4.79 Å². The van der Waals surface area contributed by atoms with Crippen LogP contribution in [0.2, 0.25) is 0 Å². The van der Waals surface area contributed by atoms with Crippen molar-refractivity contribution in [3.63, 3.8) is 0 Å². The Morgan fingerprint density at radius 3 is 2.84 bits per heavy atom. The molecule has 4 nitrogen and oxygen atoms in total. The van der Waals surface area contributed by atoms with Gasteiger partial charge in [0.25, 0.3) is 0 Å². The third kappa shape index (κ3) is 3.78. The maximum atomic E-state index is 11.9. The fraction of sp³-hybridized carbons (Fsp3) is 0.533. The molecule has 1 aliphatic heterocycles. The highest BCUT2D eigenvalue weighted by Gasteiger charge is 2.32. The average Bonchev–Trinajstić information content (AvgIpc) is 2.42. The first-order valence-corrected chi connectivity index (χ1v) is 6.89. The summed E-state index contributed by atoms with van der Waals surface area (Å²) < 4.78 is 5.10. The molecule has 0 radical (unpaired) electrons. The molecule has 2 atom stereocenters. The molecule has 0 spiro atoms. The lowest BCUT2D eigenvalue weighted by Crippen LogP contribution is -2.50. The van der Waals surface area contributed by atoms with Crippen molar-refractivity contribution in [3.8, 4) is 0 Å². The summed E-state index contributed by atoms with van der Waals surface area (Å²) in [5.74, 6) is -0.356. The Labute approximate surface area is 114 Å². The van der Waals surface area contributed by atoms with E-state index < -0.39 is 0 Å². The van der Waals surface area contributed by atoms with Crippen LogP contribution in [0.5, 0.6) is 0 Å². The van der Waals surface area contributed by atoms with Crippen LogP contribution in [0.25, 0.3) is 0 Å². The van der Waals surface area contributed by atoms with E-state index in [0.29, 0.717) is 13.2 Å². The molecule has 0 aliphatic carbocycles. The number of piperidine rings is 1. The topological polar surface area (TPSA) is 55.6 Å². The summed E-state index contributed by atoms with van der Waals surface area (Å²) in [6, 6.07) is 10.2. The second-order valence-corrected chi connectivity index (χ2v) is 5.03. The van der Waals surface area contributed by atoms with Crippen molar-refractivity contribution in [3.05, 3.63) is 35.9 Å². The Hall–Kier alpha value is -1.39. The lowest BCUT2D eigenvalue weighted by Gasteiger charge is -2.35. The van der Waals surface area contributed by atoms with Crippen LogP contribution >= 0.6 is 0 Å². The Morgan fingerprint density at radius 2 is 2.16 bits per heavy atom. The Morgan fingerprint density at radius 1 is 1.42 bits per heavy atom. The normalized spacial score (nSPS) is 24.1. The largest absolute Gasteiger partial charge is 0.466 e. The number of rotatable bonds is 4. The lowest BCUT2D eigenvalue weighted by atomic mass is 9.92. The summed E-state index contributed by atoms with van der Waals surface area (Å²) in [7, 11) is 0. The first-order chi connectivity index (χ1) is 9.20. The van der Waals surface area contributed by atoms with Gasteiger partial charge in [-0.2, -0.15) is 0 Å². The molecule has 1 fully saturated rings. The van der Waals surface area contributed by atoms with Gasteiger partial charge in [-0.15, -0.1) is 0 Å². The second-order valence-electron chi connectivity index (χ2n) is 5.03. The third-order valence-corrected chi connectivity index (χ3v) is 3.59. The van der Waals surface area contributed by atoms with Crippen LogP contribution in [-0.2, 0) is 16.1 Å². The van der Waals surface area contributed by atoms with Gasteiger partial charge in [-0.05, 0) is 18.9 Å². The number of nitrogens with two attached hydrogens (primary N) is 1. The van der Waals surface area contributed by atoms with E-state index in [-0.39, 0.29) is 17.9 Å². The summed E-state index contributed by atoms with van der Waals surface area (Å²) in [6.07, 6.45) is 0.844. The summed E-state index contributed by atoms with van der Waals surface area (Å²) in [6.45, 7) is 4.74. The van der Waals surface area contributed by atoms with Gasteiger partial charge >= 0.3 is 5.97 Å². The van der Waals surface area contributed by atoms with E-state index in [2.05, 4.69) is 17.0 Å². The van der Waals surface area contributed by atoms with Gasteiger partial charge in [0.05, 0.1) is 12.5 Å². The minimum absolute atomic E-state index is 0.0777. The molecular formula is C15H22N2O2. The number of nitrogens with zero attached hydrogens (tertiary/aromatic N) is 1. The van der Waals surface area contributed by atoms with Crippen LogP contribution in [0, 0.1) is 5.92 Å². The number of esters is 1. The first-order valence-electron chi connectivity index (χ1n) is 6.89. The van der Waals surface area contributed by atoms with Gasteiger partial charge in [0.15, 0.2) is 0 Å². The van der Waals surface area contributed by atoms with Crippen molar-refractivity contribution in [1.29, 1.82) is 0 Å². The summed E-state index contributed by atoms with van der Waals surface area (Å²) in [5, 5.41) is 0. The fourth-order valence-corrected chi connectivity index (χ4v) is 2.52. The van der Waals surface area contributed by atoms with Crippen LogP contribution in [0.3, 0.4) is 0 Å². The van der Waals surface area contributed by atoms with Gasteiger partial charge < -0.3 is 10.5 Å². The predicted octanol–water partition coefficient (Wildman–Crippen LogP) is 1.40. The SMILES string of the molecule is CCOC(=O)[C@H]1CN(Cc2ccccc2)CC[C@@H]1N. The van der Waals surface area contributed by atoms with E-state index in [1.807, 2.05) is 25.1 Å². The molecule has 4 heteroatoms. The van der Waals surface area contributed by atoms with Gasteiger partial charge in [0.2, 0.25) is 0 Å². The van der Waals surface area contributed by atoms with E-state index in [1.165, 1.54) is 5.56 Å². The predicted molar refractivity (Wildman–Crippen MR) is 74.4 cm³/mol. The Balaban J connectivity index is 1.95. The maximum absolute atomic E-state index is 11.9. The molecule has 1 aromatic rings. The zero-order valence-electron chi connectivity index (χ0n) is 11.4. The number of hydrogen-bond donors (Lipinski definition) is 1. The number of carbonyl (C=O) groups is 1. The molecular weight excluding hydrogens is 240 g/mol. The average molecular weight is 262 g/mol. The minimum atomic E-state index is -0.197. The van der Waals surface area contributed by atoms with Crippen molar-refractivity contribution >= 4 is 5.97 Å². The smallest absolute Gasteiger partial charge is 0.311 e. The maximum Gasteiger partial charge on any atom is 0.311 e. The highest BCUT2D eigenvalue weighted by Crippen LogP contribution is 2.19. The standard InChI is InChI=1S/C15H22N2O2/c1-2-19-15(18)13-11-17(9-8-14(13)16)10-12-6-4-3-5-7-12/h3-7,13-14H,2,8-11,16H2,1H3/t13-,14-/m0/s1.